The van der Waals surface area contributed by atoms with Gasteiger partial charge in [0, 0.05) is 29.6 Å². The van der Waals surface area contributed by atoms with Gasteiger partial charge in [0.1, 0.15) is 17.2 Å². The van der Waals surface area contributed by atoms with Gasteiger partial charge in [0.15, 0.2) is 12.4 Å². The summed E-state index contributed by atoms with van der Waals surface area (Å²) in [5.74, 6) is -1.92. The molecule has 2 aliphatic carbocycles. The zero-order valence-electron chi connectivity index (χ0n) is 32.0. The maximum Gasteiger partial charge on any atom is 0.264 e. The summed E-state index contributed by atoms with van der Waals surface area (Å²) in [6, 6.07) is 39.7. The largest absolute Gasteiger partial charge is 0.349 e. The standard InChI is InChI=1S/C47H41N5O5S/c1-29(27-58)23-24-38-43(55)52(44(57-38)36-21-11-9-15-32(36)25-48)47-40-39(37-22-12-17-31-14-8-10-20-35(31)37)46(40,47)45(56)51(47)42(50(28-53)34-18-4-3-5-19-34)41(54)49-26-33-16-7-6-13-30(33)2/h3-22,27-29,38-40,42,44H,23-24,26H2,1-2H3,(H,49,54)/t29?,38-,39?,40+,42?,44+,46+,47+/m0/s1. The van der Waals surface area contributed by atoms with Crippen molar-refractivity contribution in [3.05, 3.63) is 149 Å². The summed E-state index contributed by atoms with van der Waals surface area (Å²) in [4.78, 5) is 63.0. The Balaban J connectivity index is 1.21. The van der Waals surface area contributed by atoms with Gasteiger partial charge in [0.05, 0.1) is 11.6 Å². The highest BCUT2D eigenvalue weighted by Gasteiger charge is 3.11. The number of piperidine rings is 1. The molecular weight excluding hydrogens is 747 g/mol. The van der Waals surface area contributed by atoms with Crippen LogP contribution in [0.4, 0.5) is 5.69 Å². The second-order valence-corrected chi connectivity index (χ2v) is 16.0. The number of benzene rings is 5. The molecule has 10 nitrogen and oxygen atoms in total. The SMILES string of the molecule is Cc1ccccc1CNC(=O)C(N(C=O)c1ccccc1)N1C(=O)[C@@]23C(c4cccc5ccccc45)[C@H]2[C@]13N1C(=O)[C@H](CCC(C)C=S)O[C@@H]1c1ccccc1C#N. The number of nitrogens with one attached hydrogen (secondary N) is 1. The van der Waals surface area contributed by atoms with Crippen LogP contribution in [0.25, 0.3) is 10.8 Å². The Kier molecular flexibility index (Phi) is 9.22. The number of nitriles is 1. The van der Waals surface area contributed by atoms with Gasteiger partial charge in [-0.25, -0.2) is 0 Å². The highest BCUT2D eigenvalue weighted by atomic mass is 32.1. The van der Waals surface area contributed by atoms with E-state index in [1.807, 2.05) is 80.6 Å². The number of thiocarbonyl (C=S) groups is 1. The van der Waals surface area contributed by atoms with E-state index in [-0.39, 0.29) is 30.2 Å². The molecule has 9 rings (SSSR count). The van der Waals surface area contributed by atoms with Gasteiger partial charge >= 0.3 is 0 Å². The van der Waals surface area contributed by atoms with Gasteiger partial charge in [-0.1, -0.05) is 122 Å². The van der Waals surface area contributed by atoms with Gasteiger partial charge in [-0.3, -0.25) is 33.9 Å². The van der Waals surface area contributed by atoms with Crippen LogP contribution >= 0.6 is 12.2 Å². The first-order valence-electron chi connectivity index (χ1n) is 19.6. The predicted octanol–water partition coefficient (Wildman–Crippen LogP) is 6.92. The number of amides is 4. The monoisotopic (exact) mass is 787 g/mol. The summed E-state index contributed by atoms with van der Waals surface area (Å²) in [6.45, 7) is 4.08. The number of hydrogen-bond donors (Lipinski definition) is 1. The predicted molar refractivity (Wildman–Crippen MR) is 222 cm³/mol. The molecule has 5 aromatic carbocycles. The van der Waals surface area contributed by atoms with E-state index in [9.17, 15) is 14.9 Å². The molecule has 5 aromatic rings. The first-order chi connectivity index (χ1) is 28.2. The molecule has 2 saturated heterocycles. The molecule has 0 radical (unpaired) electrons. The number of hydrogen-bond acceptors (Lipinski definition) is 7. The number of para-hydroxylation sites is 1. The number of aryl methyl sites for hydroxylation is 1. The van der Waals surface area contributed by atoms with Crippen LogP contribution in [-0.2, 0) is 30.5 Å². The van der Waals surface area contributed by atoms with E-state index < -0.39 is 41.4 Å². The summed E-state index contributed by atoms with van der Waals surface area (Å²) in [5.41, 5.74) is 1.59. The fraction of sp³-hybridized carbons (Fsp3) is 0.277. The summed E-state index contributed by atoms with van der Waals surface area (Å²) in [5, 5.41) is 17.0. The minimum absolute atomic E-state index is 0.0370. The van der Waals surface area contributed by atoms with Crippen LogP contribution in [-0.4, -0.2) is 57.2 Å². The van der Waals surface area contributed by atoms with Crippen molar-refractivity contribution in [3.63, 3.8) is 0 Å². The average Bonchev–Trinajstić information content (AvgIpc) is 4.07. The Morgan fingerprint density at radius 2 is 1.64 bits per heavy atom. The fourth-order valence-electron chi connectivity index (χ4n) is 9.93. The van der Waals surface area contributed by atoms with Crippen LogP contribution < -0.4 is 10.2 Å². The van der Waals surface area contributed by atoms with E-state index in [1.54, 1.807) is 64.9 Å². The van der Waals surface area contributed by atoms with Gasteiger partial charge in [-0.2, -0.15) is 5.26 Å². The van der Waals surface area contributed by atoms with Crippen molar-refractivity contribution in [1.29, 1.82) is 5.26 Å². The van der Waals surface area contributed by atoms with Crippen molar-refractivity contribution >= 4 is 58.2 Å². The van der Waals surface area contributed by atoms with Crippen LogP contribution in [0.2, 0.25) is 0 Å². The highest BCUT2D eigenvalue weighted by Crippen LogP contribution is 2.99. The van der Waals surface area contributed by atoms with Crippen molar-refractivity contribution in [2.24, 2.45) is 17.3 Å². The smallest absolute Gasteiger partial charge is 0.264 e. The third-order valence-corrected chi connectivity index (χ3v) is 13.2. The lowest BCUT2D eigenvalue weighted by Gasteiger charge is -2.58. The molecule has 0 aromatic heterocycles. The topological polar surface area (TPSA) is 123 Å². The van der Waals surface area contributed by atoms with Gasteiger partial charge in [-0.15, -0.1) is 0 Å². The number of anilines is 1. The third-order valence-electron chi connectivity index (χ3n) is 12.8. The number of nitrogens with zero attached hydrogens (tertiary/aromatic N) is 4. The summed E-state index contributed by atoms with van der Waals surface area (Å²) < 4.78 is 6.70. The zero-order chi connectivity index (χ0) is 40.3. The van der Waals surface area contributed by atoms with E-state index in [0.717, 1.165) is 27.5 Å². The lowest BCUT2D eigenvalue weighted by Crippen LogP contribution is -2.78. The first-order valence-corrected chi connectivity index (χ1v) is 20.1. The molecule has 1 N–H and O–H groups in total. The molecule has 1 spiro atoms. The quantitative estimate of drug-likeness (QED) is 0.0737. The average molecular weight is 788 g/mol. The Hall–Kier alpha value is -6.22. The van der Waals surface area contributed by atoms with Crippen LogP contribution in [0.5, 0.6) is 0 Å². The summed E-state index contributed by atoms with van der Waals surface area (Å²) in [7, 11) is 0. The van der Waals surface area contributed by atoms with Crippen molar-refractivity contribution in [2.75, 3.05) is 4.90 Å². The molecule has 290 valence electrons. The van der Waals surface area contributed by atoms with Crippen molar-refractivity contribution in [2.45, 2.75) is 63.3 Å². The summed E-state index contributed by atoms with van der Waals surface area (Å²) in [6.07, 6.45) is -1.93. The molecule has 2 saturated carbocycles. The molecule has 2 aliphatic heterocycles. The Labute approximate surface area is 342 Å². The lowest BCUT2D eigenvalue weighted by atomic mass is 9.78. The molecule has 4 fully saturated rings. The summed E-state index contributed by atoms with van der Waals surface area (Å²) >= 11 is 5.21. The minimum Gasteiger partial charge on any atom is -0.349 e. The van der Waals surface area contributed by atoms with E-state index in [1.165, 1.54) is 9.80 Å². The number of fused-ring (bicyclic) bond motifs is 2. The van der Waals surface area contributed by atoms with Gasteiger partial charge in [0.2, 0.25) is 12.3 Å². The van der Waals surface area contributed by atoms with Crippen molar-refractivity contribution < 1.29 is 23.9 Å². The van der Waals surface area contributed by atoms with E-state index in [4.69, 9.17) is 17.0 Å². The van der Waals surface area contributed by atoms with Crippen molar-refractivity contribution in [1.82, 2.24) is 15.1 Å². The molecular formula is C47H41N5O5S. The third kappa shape index (κ3) is 5.28. The van der Waals surface area contributed by atoms with Crippen LogP contribution in [0, 0.1) is 35.5 Å². The highest BCUT2D eigenvalue weighted by molar-refractivity contribution is 7.79. The Morgan fingerprint density at radius 1 is 0.948 bits per heavy atom. The molecule has 0 bridgehead atoms. The van der Waals surface area contributed by atoms with Crippen molar-refractivity contribution in [3.8, 4) is 6.07 Å². The number of likely N-dealkylation sites (tertiary alicyclic amines) is 1. The number of carbonyl (C=O) groups excluding carboxylic acids is 4. The Morgan fingerprint density at radius 3 is 2.38 bits per heavy atom. The number of rotatable bonds is 14. The fourth-order valence-corrected chi connectivity index (χ4v) is 10.1. The maximum atomic E-state index is 15.3. The zero-order valence-corrected chi connectivity index (χ0v) is 32.8. The van der Waals surface area contributed by atoms with E-state index in [2.05, 4.69) is 11.4 Å². The van der Waals surface area contributed by atoms with Gasteiger partial charge < -0.3 is 10.1 Å². The second kappa shape index (κ2) is 14.3. The van der Waals surface area contributed by atoms with Crippen LogP contribution in [0.15, 0.2) is 121 Å². The molecule has 8 atom stereocenters. The normalized spacial score (nSPS) is 26.1. The van der Waals surface area contributed by atoms with Gasteiger partial charge in [0.25, 0.3) is 11.8 Å². The Bertz CT molecular complexity index is 2540. The lowest BCUT2D eigenvalue weighted by molar-refractivity contribution is -0.197. The second-order valence-electron chi connectivity index (χ2n) is 15.7. The number of β-lactam (4-membered cyclic amide) rings is 1. The van der Waals surface area contributed by atoms with E-state index in [0.29, 0.717) is 36.1 Å². The molecule has 4 amide bonds. The molecule has 3 unspecified atom stereocenters. The molecule has 2 heterocycles. The van der Waals surface area contributed by atoms with Gasteiger partial charge in [-0.05, 0) is 76.7 Å². The maximum absolute atomic E-state index is 15.3. The van der Waals surface area contributed by atoms with Crippen LogP contribution in [0.3, 0.4) is 0 Å². The van der Waals surface area contributed by atoms with E-state index >= 15 is 9.59 Å². The van der Waals surface area contributed by atoms with Crippen LogP contribution in [0.1, 0.15) is 59.7 Å². The minimum atomic E-state index is -1.48. The number of ether oxygens (including phenoxy) is 1. The molecule has 11 heteroatoms. The number of carbonyl (C=O) groups is 4. The molecule has 58 heavy (non-hydrogen) atoms. The first kappa shape index (κ1) is 37.4. The molecule has 4 aliphatic rings.